The highest BCUT2D eigenvalue weighted by Crippen LogP contribution is 2.26. The number of ether oxygens (including phenoxy) is 2. The van der Waals surface area contributed by atoms with Gasteiger partial charge in [0.2, 0.25) is 5.91 Å². The third-order valence-electron chi connectivity index (χ3n) is 12.3. The number of hydrogen-bond acceptors (Lipinski definition) is 11. The van der Waals surface area contributed by atoms with Crippen LogP contribution in [0, 0.1) is 0 Å². The lowest BCUT2D eigenvalue weighted by Crippen LogP contribution is -2.61. The van der Waals surface area contributed by atoms with Gasteiger partial charge in [-0.15, -0.1) is 0 Å². The molecule has 0 aromatic heterocycles. The van der Waals surface area contributed by atoms with Gasteiger partial charge in [-0.3, -0.25) is 9.35 Å². The predicted octanol–water partition coefficient (Wildman–Crippen LogP) is 9.14. The molecule has 1 saturated heterocycles. The van der Waals surface area contributed by atoms with E-state index in [1.807, 2.05) is 0 Å². The van der Waals surface area contributed by atoms with Gasteiger partial charge in [-0.25, -0.2) is 4.18 Å². The summed E-state index contributed by atoms with van der Waals surface area (Å²) in [6.45, 7) is 3.30. The molecule has 13 nitrogen and oxygen atoms in total. The van der Waals surface area contributed by atoms with Crippen molar-refractivity contribution in [1.82, 2.24) is 5.32 Å². The predicted molar refractivity (Wildman–Crippen MR) is 242 cm³/mol. The van der Waals surface area contributed by atoms with Crippen molar-refractivity contribution >= 4 is 16.3 Å². The van der Waals surface area contributed by atoms with Crippen molar-refractivity contribution < 1.29 is 57.0 Å². The Bertz CT molecular complexity index is 1120. The highest BCUT2D eigenvalue weighted by Gasteiger charge is 2.48. The molecule has 0 saturated carbocycles. The fourth-order valence-electron chi connectivity index (χ4n) is 8.29. The van der Waals surface area contributed by atoms with Gasteiger partial charge < -0.3 is 40.3 Å². The quantitative estimate of drug-likeness (QED) is 0.0226. The maximum absolute atomic E-state index is 13.1. The van der Waals surface area contributed by atoms with E-state index in [0.29, 0.717) is 19.3 Å². The highest BCUT2D eigenvalue weighted by molar-refractivity contribution is 7.80. The summed E-state index contributed by atoms with van der Waals surface area (Å²) in [5, 5.41) is 55.4. The van der Waals surface area contributed by atoms with Gasteiger partial charge in [0, 0.05) is 0 Å². The first-order valence-electron chi connectivity index (χ1n) is 25.0. The molecule has 0 aliphatic carbocycles. The fraction of sp³-hybridized carbons (Fsp3) is 0.979. The number of amides is 1. The van der Waals surface area contributed by atoms with Crippen LogP contribution >= 0.6 is 0 Å². The average Bonchev–Trinajstić information content (AvgIpc) is 3.23. The normalized spacial score (nSPS) is 21.1. The van der Waals surface area contributed by atoms with Gasteiger partial charge in [0.25, 0.3) is 0 Å². The van der Waals surface area contributed by atoms with Crippen LogP contribution in [0.3, 0.4) is 0 Å². The maximum Gasteiger partial charge on any atom is 0.397 e. The Kier molecular flexibility index (Phi) is 36.5. The van der Waals surface area contributed by atoms with Crippen molar-refractivity contribution in [3.63, 3.8) is 0 Å². The van der Waals surface area contributed by atoms with Gasteiger partial charge >= 0.3 is 10.4 Å². The molecule has 8 atom stereocenters. The van der Waals surface area contributed by atoms with Crippen LogP contribution in [0.25, 0.3) is 0 Å². The molecule has 1 heterocycles. The highest BCUT2D eigenvalue weighted by atomic mass is 32.3. The van der Waals surface area contributed by atoms with Crippen molar-refractivity contribution in [3.8, 4) is 0 Å². The molecule has 0 radical (unpaired) electrons. The van der Waals surface area contributed by atoms with E-state index in [2.05, 4.69) is 23.3 Å². The van der Waals surface area contributed by atoms with E-state index in [1.165, 1.54) is 154 Å². The third-order valence-corrected chi connectivity index (χ3v) is 12.7. The van der Waals surface area contributed by atoms with Gasteiger partial charge in [-0.05, 0) is 12.8 Å². The second kappa shape index (κ2) is 38.3. The van der Waals surface area contributed by atoms with Gasteiger partial charge in [-0.2, -0.15) is 8.42 Å². The molecule has 0 bridgehead atoms. The van der Waals surface area contributed by atoms with Crippen LogP contribution < -0.4 is 5.32 Å². The minimum atomic E-state index is -5.11. The van der Waals surface area contributed by atoms with E-state index in [-0.39, 0.29) is 6.42 Å². The summed E-state index contributed by atoms with van der Waals surface area (Å²) >= 11 is 0. The lowest BCUT2D eigenvalue weighted by atomic mass is 9.99. The number of carbonyl (C=O) groups is 1. The molecular weight excluding hydrogens is 803 g/mol. The lowest BCUT2D eigenvalue weighted by Gasteiger charge is -2.41. The number of unbranched alkanes of at least 4 members (excludes halogenated alkanes) is 30. The average molecular weight is 896 g/mol. The molecule has 0 spiro atoms. The molecule has 1 fully saturated rings. The van der Waals surface area contributed by atoms with Gasteiger partial charge in [0.05, 0.1) is 25.4 Å². The van der Waals surface area contributed by atoms with Crippen LogP contribution in [0.15, 0.2) is 0 Å². The van der Waals surface area contributed by atoms with Gasteiger partial charge in [0.15, 0.2) is 6.29 Å². The standard InChI is InChI=1S/C47H93NO12S/c1-3-5-7-9-11-13-15-17-18-19-20-21-22-24-25-27-29-31-33-35-40(50)39(38-58-47-44(53)45(60-61(55,56)57)43(52)42(37-49)59-47)48-46(54)41(51)36-34-32-30-28-26-23-16-14-12-10-8-6-4-2/h39-45,47,49-53H,3-38H2,1-2H3,(H,48,54)(H,55,56,57). The van der Waals surface area contributed by atoms with Crippen LogP contribution in [0.4, 0.5) is 0 Å². The Morgan fingerprint density at radius 2 is 0.951 bits per heavy atom. The zero-order chi connectivity index (χ0) is 45.0. The molecule has 1 aliphatic rings. The van der Waals surface area contributed by atoms with Crippen molar-refractivity contribution in [2.24, 2.45) is 0 Å². The second-order valence-electron chi connectivity index (χ2n) is 17.9. The van der Waals surface area contributed by atoms with Crippen molar-refractivity contribution in [1.29, 1.82) is 0 Å². The van der Waals surface area contributed by atoms with Crippen molar-refractivity contribution in [2.75, 3.05) is 13.2 Å². The molecule has 0 aromatic rings. The molecule has 1 aliphatic heterocycles. The lowest BCUT2D eigenvalue weighted by molar-refractivity contribution is -0.298. The van der Waals surface area contributed by atoms with Crippen LogP contribution in [0.1, 0.15) is 232 Å². The minimum absolute atomic E-state index is 0.266. The number of aliphatic hydroxyl groups excluding tert-OH is 5. The van der Waals surface area contributed by atoms with Crippen LogP contribution in [-0.2, 0) is 28.9 Å². The van der Waals surface area contributed by atoms with Crippen molar-refractivity contribution in [3.05, 3.63) is 0 Å². The zero-order valence-corrected chi connectivity index (χ0v) is 39.4. The third kappa shape index (κ3) is 30.8. The van der Waals surface area contributed by atoms with Crippen LogP contribution in [0.2, 0.25) is 0 Å². The molecule has 61 heavy (non-hydrogen) atoms. The van der Waals surface area contributed by atoms with Crippen molar-refractivity contribution in [2.45, 2.75) is 281 Å². The number of carbonyl (C=O) groups excluding carboxylic acids is 1. The van der Waals surface area contributed by atoms with E-state index in [0.717, 1.165) is 38.5 Å². The van der Waals surface area contributed by atoms with E-state index >= 15 is 0 Å². The number of rotatable bonds is 43. The van der Waals surface area contributed by atoms with Crippen LogP contribution in [0.5, 0.6) is 0 Å². The van der Waals surface area contributed by atoms with E-state index in [4.69, 9.17) is 9.47 Å². The SMILES string of the molecule is CCCCCCCCCCCCCCCCCCCCCC(O)C(COC1OC(CO)C(O)C(OS(=O)(=O)O)C1O)NC(=O)C(O)CCCCCCCCCCCCCCC. The summed E-state index contributed by atoms with van der Waals surface area (Å²) in [6, 6.07) is -1.03. The zero-order valence-electron chi connectivity index (χ0n) is 38.6. The Morgan fingerprint density at radius 3 is 1.31 bits per heavy atom. The maximum atomic E-state index is 13.1. The van der Waals surface area contributed by atoms with Crippen LogP contribution in [-0.4, -0.2) is 107 Å². The fourth-order valence-corrected chi connectivity index (χ4v) is 8.80. The monoisotopic (exact) mass is 896 g/mol. The Balaban J connectivity index is 2.50. The summed E-state index contributed by atoms with van der Waals surface area (Å²) in [4.78, 5) is 13.1. The Labute approximate surface area is 371 Å². The summed E-state index contributed by atoms with van der Waals surface area (Å²) in [6.07, 6.45) is 28.5. The molecule has 364 valence electrons. The number of hydrogen-bond donors (Lipinski definition) is 7. The summed E-state index contributed by atoms with van der Waals surface area (Å²) in [5.74, 6) is -0.666. The second-order valence-corrected chi connectivity index (χ2v) is 19.0. The molecule has 0 aromatic carbocycles. The van der Waals surface area contributed by atoms with E-state index < -0.39 is 78.5 Å². The molecule has 8 unspecified atom stereocenters. The Hall–Kier alpha value is -0.940. The number of aliphatic hydroxyl groups is 5. The molecule has 14 heteroatoms. The molecular formula is C47H93NO12S. The molecule has 1 amide bonds. The first-order chi connectivity index (χ1) is 29.4. The topological polar surface area (TPSA) is 212 Å². The summed E-state index contributed by atoms with van der Waals surface area (Å²) in [5.41, 5.74) is 0. The van der Waals surface area contributed by atoms with E-state index in [1.54, 1.807) is 0 Å². The molecule has 7 N–H and O–H groups in total. The van der Waals surface area contributed by atoms with Gasteiger partial charge in [0.1, 0.15) is 30.5 Å². The Morgan fingerprint density at radius 1 is 0.590 bits per heavy atom. The largest absolute Gasteiger partial charge is 0.397 e. The number of nitrogens with one attached hydrogen (secondary N) is 1. The summed E-state index contributed by atoms with van der Waals surface area (Å²) in [7, 11) is -5.11. The first-order valence-corrected chi connectivity index (χ1v) is 26.4. The van der Waals surface area contributed by atoms with E-state index in [9.17, 15) is 43.3 Å². The first kappa shape index (κ1) is 58.1. The minimum Gasteiger partial charge on any atom is -0.394 e. The summed E-state index contributed by atoms with van der Waals surface area (Å²) < 4.78 is 47.6. The van der Waals surface area contributed by atoms with Gasteiger partial charge in [-0.1, -0.05) is 219 Å². The smallest absolute Gasteiger partial charge is 0.394 e. The molecule has 1 rings (SSSR count).